The van der Waals surface area contributed by atoms with Crippen molar-refractivity contribution in [3.63, 3.8) is 0 Å². The van der Waals surface area contributed by atoms with Gasteiger partial charge in [-0.2, -0.15) is 0 Å². The Bertz CT molecular complexity index is 756. The van der Waals surface area contributed by atoms with Crippen LogP contribution in [0.2, 0.25) is 0 Å². The summed E-state index contributed by atoms with van der Waals surface area (Å²) in [6, 6.07) is 12.4. The second-order valence-electron chi connectivity index (χ2n) is 5.95. The number of hydrogen-bond acceptors (Lipinski definition) is 4. The van der Waals surface area contributed by atoms with Crippen LogP contribution in [0.4, 0.5) is 0 Å². The molecule has 0 saturated carbocycles. The third-order valence-electron chi connectivity index (χ3n) is 4.13. The molecule has 2 amide bonds. The van der Waals surface area contributed by atoms with Gasteiger partial charge < -0.3 is 15.5 Å². The number of pyridine rings is 1. The molecule has 6 heteroatoms. The predicted molar refractivity (Wildman–Crippen MR) is 107 cm³/mol. The van der Waals surface area contributed by atoms with Crippen LogP contribution in [0, 0.1) is 0 Å². The largest absolute Gasteiger partial charge is 0.349 e. The van der Waals surface area contributed by atoms with E-state index in [-0.39, 0.29) is 17.5 Å². The fourth-order valence-corrected chi connectivity index (χ4v) is 2.53. The number of likely N-dealkylation sites (N-methyl/N-ethyl adjacent to an activating group) is 1. The molecule has 1 aromatic carbocycles. The zero-order chi connectivity index (χ0) is 19.5. The van der Waals surface area contributed by atoms with Crippen molar-refractivity contribution in [2.75, 3.05) is 26.2 Å². The Hall–Kier alpha value is -2.99. The van der Waals surface area contributed by atoms with Crippen molar-refractivity contribution >= 4 is 17.9 Å². The Labute approximate surface area is 160 Å². The van der Waals surface area contributed by atoms with Gasteiger partial charge in [0.1, 0.15) is 5.70 Å². The molecule has 0 saturated heterocycles. The molecule has 1 aromatic heterocycles. The van der Waals surface area contributed by atoms with E-state index in [9.17, 15) is 9.59 Å². The van der Waals surface area contributed by atoms with Gasteiger partial charge >= 0.3 is 0 Å². The molecule has 0 fully saturated rings. The standard InChI is InChI=1S/C21H26N4O2/c1-3-25(4-2)14-13-23-21(27)19(15-17-9-8-12-22-16-17)24-20(26)18-10-6-5-7-11-18/h5-12,15-16H,3-4,13-14H2,1-2H3,(H,23,27)(H,24,26)/b19-15+. The van der Waals surface area contributed by atoms with Gasteiger partial charge in [-0.25, -0.2) is 0 Å². The van der Waals surface area contributed by atoms with Crippen molar-refractivity contribution < 1.29 is 9.59 Å². The summed E-state index contributed by atoms with van der Waals surface area (Å²) in [5.74, 6) is -0.653. The van der Waals surface area contributed by atoms with E-state index in [2.05, 4.69) is 34.4 Å². The first-order valence-corrected chi connectivity index (χ1v) is 9.12. The maximum atomic E-state index is 12.6. The van der Waals surface area contributed by atoms with Gasteiger partial charge in [-0.1, -0.05) is 38.1 Å². The van der Waals surface area contributed by atoms with Crippen molar-refractivity contribution in [2.45, 2.75) is 13.8 Å². The lowest BCUT2D eigenvalue weighted by Gasteiger charge is -2.18. The lowest BCUT2D eigenvalue weighted by atomic mass is 10.2. The van der Waals surface area contributed by atoms with Crippen LogP contribution in [0.25, 0.3) is 6.08 Å². The Morgan fingerprint density at radius 2 is 1.81 bits per heavy atom. The van der Waals surface area contributed by atoms with Crippen LogP contribution in [0.15, 0.2) is 60.6 Å². The Morgan fingerprint density at radius 1 is 1.07 bits per heavy atom. The Kier molecular flexibility index (Phi) is 8.19. The molecular formula is C21H26N4O2. The van der Waals surface area contributed by atoms with Gasteiger partial charge in [0, 0.05) is 31.0 Å². The third kappa shape index (κ3) is 6.67. The lowest BCUT2D eigenvalue weighted by molar-refractivity contribution is -0.117. The van der Waals surface area contributed by atoms with Gasteiger partial charge in [-0.05, 0) is 42.9 Å². The number of carbonyl (C=O) groups excluding carboxylic acids is 2. The first-order valence-electron chi connectivity index (χ1n) is 9.12. The summed E-state index contributed by atoms with van der Waals surface area (Å²) in [4.78, 5) is 31.4. The number of nitrogens with zero attached hydrogens (tertiary/aromatic N) is 2. The summed E-state index contributed by atoms with van der Waals surface area (Å²) in [6.07, 6.45) is 4.92. The van der Waals surface area contributed by atoms with Crippen molar-refractivity contribution in [3.8, 4) is 0 Å². The van der Waals surface area contributed by atoms with Gasteiger partial charge in [-0.3, -0.25) is 14.6 Å². The smallest absolute Gasteiger partial charge is 0.267 e. The minimum atomic E-state index is -0.329. The molecule has 142 valence electrons. The second kappa shape index (κ2) is 10.9. The summed E-state index contributed by atoms with van der Waals surface area (Å²) in [5.41, 5.74) is 1.42. The van der Waals surface area contributed by atoms with Gasteiger partial charge in [0.15, 0.2) is 0 Å². The summed E-state index contributed by atoms with van der Waals surface area (Å²) in [5, 5.41) is 5.59. The van der Waals surface area contributed by atoms with Crippen LogP contribution in [-0.2, 0) is 4.79 Å². The summed E-state index contributed by atoms with van der Waals surface area (Å²) < 4.78 is 0. The number of nitrogens with one attached hydrogen (secondary N) is 2. The quantitative estimate of drug-likeness (QED) is 0.668. The highest BCUT2D eigenvalue weighted by Gasteiger charge is 2.14. The molecule has 2 rings (SSSR count). The van der Waals surface area contributed by atoms with E-state index < -0.39 is 0 Å². The van der Waals surface area contributed by atoms with Crippen LogP contribution >= 0.6 is 0 Å². The van der Waals surface area contributed by atoms with Gasteiger partial charge in [0.2, 0.25) is 0 Å². The minimum absolute atomic E-state index is 0.191. The first kappa shape index (κ1) is 20.3. The molecule has 27 heavy (non-hydrogen) atoms. The van der Waals surface area contributed by atoms with Crippen LogP contribution in [0.1, 0.15) is 29.8 Å². The summed E-state index contributed by atoms with van der Waals surface area (Å²) >= 11 is 0. The molecule has 0 atom stereocenters. The highest BCUT2D eigenvalue weighted by molar-refractivity contribution is 6.05. The van der Waals surface area contributed by atoms with Gasteiger partial charge in [0.25, 0.3) is 11.8 Å². The molecule has 2 N–H and O–H groups in total. The van der Waals surface area contributed by atoms with E-state index >= 15 is 0 Å². The Balaban J connectivity index is 2.11. The van der Waals surface area contributed by atoms with E-state index in [0.29, 0.717) is 12.1 Å². The first-order chi connectivity index (χ1) is 13.1. The average molecular weight is 366 g/mol. The molecule has 6 nitrogen and oxygen atoms in total. The molecule has 0 aliphatic heterocycles. The van der Waals surface area contributed by atoms with Crippen molar-refractivity contribution in [1.29, 1.82) is 0 Å². The molecule has 0 aliphatic carbocycles. The number of hydrogen-bond donors (Lipinski definition) is 2. The Morgan fingerprint density at radius 3 is 2.44 bits per heavy atom. The predicted octanol–water partition coefficient (Wildman–Crippen LogP) is 2.31. The van der Waals surface area contributed by atoms with Crippen LogP contribution in [0.5, 0.6) is 0 Å². The number of amides is 2. The molecule has 0 unspecified atom stereocenters. The van der Waals surface area contributed by atoms with E-state index in [1.165, 1.54) is 0 Å². The van der Waals surface area contributed by atoms with Crippen LogP contribution in [0.3, 0.4) is 0 Å². The molecule has 2 aromatic rings. The maximum absolute atomic E-state index is 12.6. The van der Waals surface area contributed by atoms with E-state index in [1.807, 2.05) is 12.1 Å². The third-order valence-corrected chi connectivity index (χ3v) is 4.13. The number of rotatable bonds is 9. The van der Waals surface area contributed by atoms with Crippen molar-refractivity contribution in [1.82, 2.24) is 20.5 Å². The summed E-state index contributed by atoms with van der Waals surface area (Å²) in [6.45, 7) is 7.28. The molecule has 0 bridgehead atoms. The topological polar surface area (TPSA) is 74.3 Å². The fraction of sp³-hybridized carbons (Fsp3) is 0.286. The monoisotopic (exact) mass is 366 g/mol. The number of aromatic nitrogens is 1. The minimum Gasteiger partial charge on any atom is -0.349 e. The lowest BCUT2D eigenvalue weighted by Crippen LogP contribution is -2.39. The second-order valence-corrected chi connectivity index (χ2v) is 5.95. The fourth-order valence-electron chi connectivity index (χ4n) is 2.53. The number of benzene rings is 1. The SMILES string of the molecule is CCN(CC)CCNC(=O)/C(=C\c1cccnc1)NC(=O)c1ccccc1. The molecule has 1 heterocycles. The van der Waals surface area contributed by atoms with E-state index in [1.54, 1.807) is 48.8 Å². The number of carbonyl (C=O) groups is 2. The van der Waals surface area contributed by atoms with Gasteiger partial charge in [0.05, 0.1) is 0 Å². The molecular weight excluding hydrogens is 340 g/mol. The molecule has 0 radical (unpaired) electrons. The van der Waals surface area contributed by atoms with E-state index in [0.717, 1.165) is 25.2 Å². The van der Waals surface area contributed by atoms with Crippen molar-refractivity contribution in [3.05, 3.63) is 71.7 Å². The molecule has 0 aliphatic rings. The van der Waals surface area contributed by atoms with Gasteiger partial charge in [-0.15, -0.1) is 0 Å². The van der Waals surface area contributed by atoms with Crippen LogP contribution in [-0.4, -0.2) is 47.9 Å². The zero-order valence-corrected chi connectivity index (χ0v) is 15.8. The highest BCUT2D eigenvalue weighted by Crippen LogP contribution is 2.06. The zero-order valence-electron chi connectivity index (χ0n) is 15.8. The molecule has 0 spiro atoms. The van der Waals surface area contributed by atoms with Crippen LogP contribution < -0.4 is 10.6 Å². The summed E-state index contributed by atoms with van der Waals surface area (Å²) in [7, 11) is 0. The maximum Gasteiger partial charge on any atom is 0.267 e. The highest BCUT2D eigenvalue weighted by atomic mass is 16.2. The average Bonchev–Trinajstić information content (AvgIpc) is 2.72. The van der Waals surface area contributed by atoms with E-state index in [4.69, 9.17) is 0 Å². The normalized spacial score (nSPS) is 11.3. The van der Waals surface area contributed by atoms with Crippen molar-refractivity contribution in [2.24, 2.45) is 0 Å².